The van der Waals surface area contributed by atoms with Crippen molar-refractivity contribution in [3.63, 3.8) is 0 Å². The SMILES string of the molecule is C=C/C=C\C=C(/C)c1cc(C(C)=NC(C)=NC(=C)c2cc(-c3ccccc3)cc(-c3ccccc3)c2)cc(-c2ccccc2)c1. The van der Waals surface area contributed by atoms with E-state index in [-0.39, 0.29) is 0 Å². The van der Waals surface area contributed by atoms with E-state index in [1.54, 1.807) is 6.08 Å². The molecule has 0 saturated heterocycles. The van der Waals surface area contributed by atoms with Crippen molar-refractivity contribution >= 4 is 22.8 Å². The molecule has 5 rings (SSSR count). The van der Waals surface area contributed by atoms with E-state index in [1.807, 2.05) is 44.2 Å². The first-order valence-electron chi connectivity index (χ1n) is 15.1. The van der Waals surface area contributed by atoms with Crippen molar-refractivity contribution in [2.24, 2.45) is 9.98 Å². The lowest BCUT2D eigenvalue weighted by atomic mass is 9.95. The van der Waals surface area contributed by atoms with E-state index in [9.17, 15) is 0 Å². The molecule has 220 valence electrons. The van der Waals surface area contributed by atoms with Crippen molar-refractivity contribution in [2.75, 3.05) is 0 Å². The van der Waals surface area contributed by atoms with Crippen LogP contribution < -0.4 is 0 Å². The molecule has 0 unspecified atom stereocenters. The Balaban J connectivity index is 1.51. The number of aliphatic imine (C=N–C) groups is 2. The van der Waals surface area contributed by atoms with Crippen LogP contribution >= 0.6 is 0 Å². The van der Waals surface area contributed by atoms with E-state index in [0.29, 0.717) is 11.5 Å². The fourth-order valence-corrected chi connectivity index (χ4v) is 5.22. The molecular weight excluding hydrogens is 544 g/mol. The van der Waals surface area contributed by atoms with Crippen LogP contribution in [0.15, 0.2) is 175 Å². The summed E-state index contributed by atoms with van der Waals surface area (Å²) in [6.07, 6.45) is 7.83. The van der Waals surface area contributed by atoms with Crippen LogP contribution in [0, 0.1) is 0 Å². The second-order valence-corrected chi connectivity index (χ2v) is 11.0. The first-order valence-corrected chi connectivity index (χ1v) is 15.1. The zero-order valence-electron chi connectivity index (χ0n) is 26.2. The Morgan fingerprint density at radius 3 is 1.49 bits per heavy atom. The van der Waals surface area contributed by atoms with Crippen LogP contribution in [0.4, 0.5) is 0 Å². The van der Waals surface area contributed by atoms with Gasteiger partial charge in [0.2, 0.25) is 0 Å². The molecule has 0 atom stereocenters. The van der Waals surface area contributed by atoms with Crippen molar-refractivity contribution in [1.82, 2.24) is 0 Å². The van der Waals surface area contributed by atoms with Gasteiger partial charge >= 0.3 is 0 Å². The molecule has 0 heterocycles. The summed E-state index contributed by atoms with van der Waals surface area (Å²) in [4.78, 5) is 9.82. The maximum atomic E-state index is 4.94. The smallest absolute Gasteiger partial charge is 0.126 e. The molecule has 5 aromatic rings. The third-order valence-electron chi connectivity index (χ3n) is 7.61. The first-order chi connectivity index (χ1) is 21.9. The molecule has 0 aromatic heterocycles. The van der Waals surface area contributed by atoms with Crippen LogP contribution in [0.25, 0.3) is 44.7 Å². The fourth-order valence-electron chi connectivity index (χ4n) is 5.22. The lowest BCUT2D eigenvalue weighted by Gasteiger charge is -2.12. The molecule has 0 saturated carbocycles. The van der Waals surface area contributed by atoms with E-state index >= 15 is 0 Å². The second-order valence-electron chi connectivity index (χ2n) is 11.0. The van der Waals surface area contributed by atoms with Crippen LogP contribution in [0.5, 0.6) is 0 Å². The van der Waals surface area contributed by atoms with Gasteiger partial charge in [-0.25, -0.2) is 9.98 Å². The fraction of sp³-hybridized carbons (Fsp3) is 0.0698. The molecule has 0 fully saturated rings. The largest absolute Gasteiger partial charge is 0.238 e. The van der Waals surface area contributed by atoms with Gasteiger partial charge in [0.15, 0.2) is 0 Å². The van der Waals surface area contributed by atoms with Crippen molar-refractivity contribution in [2.45, 2.75) is 20.8 Å². The standard InChI is InChI=1S/C43H38N2/c1-6-7-11-18-31(2)38-25-39(27-41(26-38)35-19-12-8-13-20-35)32(3)44-34(5)45-33(4)40-28-42(36-21-14-9-15-22-36)30-43(29-40)37-23-16-10-17-24-37/h6-30H,1,4H2,2-3,5H3/b11-7-,31-18+,44-32?,45-34?. The summed E-state index contributed by atoms with van der Waals surface area (Å²) in [5.41, 5.74) is 12.7. The minimum atomic E-state index is 0.650. The minimum absolute atomic E-state index is 0.650. The Morgan fingerprint density at radius 2 is 0.978 bits per heavy atom. The molecule has 0 N–H and O–H groups in total. The van der Waals surface area contributed by atoms with Gasteiger partial charge in [-0.3, -0.25) is 0 Å². The Kier molecular flexibility index (Phi) is 10.1. The molecule has 0 aliphatic rings. The molecule has 0 aliphatic heterocycles. The van der Waals surface area contributed by atoms with E-state index in [1.165, 1.54) is 0 Å². The molecule has 0 radical (unpaired) electrons. The molecule has 45 heavy (non-hydrogen) atoms. The average molecular weight is 583 g/mol. The van der Waals surface area contributed by atoms with Gasteiger partial charge in [-0.05, 0) is 107 Å². The monoisotopic (exact) mass is 582 g/mol. The number of hydrogen-bond donors (Lipinski definition) is 0. The van der Waals surface area contributed by atoms with E-state index in [2.05, 4.69) is 135 Å². The summed E-state index contributed by atoms with van der Waals surface area (Å²) >= 11 is 0. The third kappa shape index (κ3) is 8.07. The normalized spacial score (nSPS) is 12.4. The molecular formula is C43H38N2. The van der Waals surface area contributed by atoms with Crippen molar-refractivity contribution in [3.8, 4) is 33.4 Å². The van der Waals surface area contributed by atoms with Crippen molar-refractivity contribution < 1.29 is 0 Å². The number of amidine groups is 1. The van der Waals surface area contributed by atoms with Crippen LogP contribution in [-0.4, -0.2) is 11.5 Å². The van der Waals surface area contributed by atoms with Gasteiger partial charge in [0.05, 0.1) is 5.70 Å². The Hall–Kier alpha value is -5.60. The van der Waals surface area contributed by atoms with E-state index < -0.39 is 0 Å². The van der Waals surface area contributed by atoms with Crippen LogP contribution in [0.3, 0.4) is 0 Å². The minimum Gasteiger partial charge on any atom is -0.238 e. The van der Waals surface area contributed by atoms with Gasteiger partial charge in [0.25, 0.3) is 0 Å². The van der Waals surface area contributed by atoms with Gasteiger partial charge in [-0.1, -0.05) is 128 Å². The summed E-state index contributed by atoms with van der Waals surface area (Å²) < 4.78 is 0. The van der Waals surface area contributed by atoms with E-state index in [0.717, 1.165) is 61.4 Å². The van der Waals surface area contributed by atoms with Gasteiger partial charge < -0.3 is 0 Å². The first kappa shape index (κ1) is 30.8. The topological polar surface area (TPSA) is 24.7 Å². The zero-order chi connectivity index (χ0) is 31.6. The van der Waals surface area contributed by atoms with Crippen molar-refractivity contribution in [3.05, 3.63) is 182 Å². The molecule has 2 heteroatoms. The Bertz CT molecular complexity index is 1870. The molecule has 0 aliphatic carbocycles. The molecule has 5 aromatic carbocycles. The molecule has 0 amide bonds. The predicted octanol–water partition coefficient (Wildman–Crippen LogP) is 11.7. The predicted molar refractivity (Wildman–Crippen MR) is 197 cm³/mol. The number of allylic oxidation sites excluding steroid dienone is 5. The summed E-state index contributed by atoms with van der Waals surface area (Å²) in [6.45, 7) is 14.2. The van der Waals surface area contributed by atoms with Gasteiger partial charge in [0.1, 0.15) is 5.84 Å². The Labute approximate surface area is 267 Å². The number of nitrogens with zero attached hydrogens (tertiary/aromatic N) is 2. The summed E-state index contributed by atoms with van der Waals surface area (Å²) in [5, 5.41) is 0. The van der Waals surface area contributed by atoms with Crippen LogP contribution in [0.2, 0.25) is 0 Å². The highest BCUT2D eigenvalue weighted by Gasteiger charge is 2.10. The third-order valence-corrected chi connectivity index (χ3v) is 7.61. The molecule has 2 nitrogen and oxygen atoms in total. The summed E-state index contributed by atoms with van der Waals surface area (Å²) in [7, 11) is 0. The lowest BCUT2D eigenvalue weighted by molar-refractivity contribution is 1.43. The Morgan fingerprint density at radius 1 is 0.511 bits per heavy atom. The van der Waals surface area contributed by atoms with E-state index in [4.69, 9.17) is 9.98 Å². The number of benzene rings is 5. The second kappa shape index (κ2) is 14.7. The van der Waals surface area contributed by atoms with Crippen LogP contribution in [-0.2, 0) is 0 Å². The molecule has 0 bridgehead atoms. The quantitative estimate of drug-likeness (QED) is 0.0938. The van der Waals surface area contributed by atoms with Gasteiger partial charge in [0, 0.05) is 11.3 Å². The molecule has 0 spiro atoms. The average Bonchev–Trinajstić information content (AvgIpc) is 3.09. The maximum Gasteiger partial charge on any atom is 0.126 e. The summed E-state index contributed by atoms with van der Waals surface area (Å²) in [5.74, 6) is 0.650. The highest BCUT2D eigenvalue weighted by Crippen LogP contribution is 2.31. The summed E-state index contributed by atoms with van der Waals surface area (Å²) in [6, 6.07) is 44.4. The van der Waals surface area contributed by atoms with Gasteiger partial charge in [-0.15, -0.1) is 0 Å². The van der Waals surface area contributed by atoms with Crippen LogP contribution in [0.1, 0.15) is 37.5 Å². The maximum absolute atomic E-state index is 4.94. The highest BCUT2D eigenvalue weighted by molar-refractivity contribution is 6.07. The van der Waals surface area contributed by atoms with Gasteiger partial charge in [-0.2, -0.15) is 0 Å². The number of hydrogen-bond acceptors (Lipinski definition) is 1. The zero-order valence-corrected chi connectivity index (χ0v) is 26.2. The highest BCUT2D eigenvalue weighted by atomic mass is 14.9. The number of rotatable bonds is 9. The van der Waals surface area contributed by atoms with Crippen molar-refractivity contribution in [1.29, 1.82) is 0 Å². The lowest BCUT2D eigenvalue weighted by Crippen LogP contribution is -2.01.